The first kappa shape index (κ1) is 12.4. The first-order valence-electron chi connectivity index (χ1n) is 4.64. The number of hydrogen-bond acceptors (Lipinski definition) is 4. The van der Waals surface area contributed by atoms with Gasteiger partial charge >= 0.3 is 5.97 Å². The number of carboxylic acid groups (broad SMARTS) is 1. The minimum atomic E-state index is -3.63. The highest BCUT2D eigenvalue weighted by Gasteiger charge is 2.32. The number of ether oxygens (including phenoxy) is 1. The number of aliphatic carboxylic acids is 1. The molecule has 1 N–H and O–H groups in total. The van der Waals surface area contributed by atoms with Crippen LogP contribution in [0.4, 0.5) is 0 Å². The van der Waals surface area contributed by atoms with Gasteiger partial charge in [0.1, 0.15) is 0 Å². The van der Waals surface area contributed by atoms with E-state index in [0.717, 1.165) is 6.42 Å². The second-order valence-corrected chi connectivity index (χ2v) is 5.59. The second kappa shape index (κ2) is 4.91. The monoisotopic (exact) mass is 237 g/mol. The van der Waals surface area contributed by atoms with Crippen LogP contribution in [-0.2, 0) is 19.6 Å². The van der Waals surface area contributed by atoms with Crippen LogP contribution in [0.3, 0.4) is 0 Å². The Kier molecular flexibility index (Phi) is 4.06. The van der Waals surface area contributed by atoms with Gasteiger partial charge in [0.15, 0.2) is 5.75 Å². The van der Waals surface area contributed by atoms with Crippen LogP contribution >= 0.6 is 0 Å². The van der Waals surface area contributed by atoms with E-state index in [0.29, 0.717) is 19.7 Å². The first-order valence-corrected chi connectivity index (χ1v) is 6.25. The molecule has 1 saturated heterocycles. The van der Waals surface area contributed by atoms with Crippen LogP contribution in [0.5, 0.6) is 0 Å². The fourth-order valence-corrected chi connectivity index (χ4v) is 2.99. The molecule has 0 spiro atoms. The summed E-state index contributed by atoms with van der Waals surface area (Å²) in [6, 6.07) is 0. The Hall–Kier alpha value is -0.660. The number of hydrogen-bond donors (Lipinski definition) is 1. The number of methoxy groups -OCH3 is 1. The molecule has 0 amide bonds. The predicted molar refractivity (Wildman–Crippen MR) is 53.0 cm³/mol. The van der Waals surface area contributed by atoms with Crippen molar-refractivity contribution in [1.29, 1.82) is 0 Å². The third kappa shape index (κ3) is 3.44. The predicted octanol–water partition coefficient (Wildman–Crippen LogP) is -0.631. The molecule has 1 heterocycles. The Bertz CT molecular complexity index is 326. The lowest BCUT2D eigenvalue weighted by Gasteiger charge is -2.14. The molecule has 1 unspecified atom stereocenters. The molecule has 0 aliphatic carbocycles. The Morgan fingerprint density at radius 2 is 2.27 bits per heavy atom. The fourth-order valence-electron chi connectivity index (χ4n) is 1.67. The molecule has 15 heavy (non-hydrogen) atoms. The van der Waals surface area contributed by atoms with E-state index in [1.54, 1.807) is 7.11 Å². The molecule has 0 aromatic carbocycles. The first-order chi connectivity index (χ1) is 6.95. The summed E-state index contributed by atoms with van der Waals surface area (Å²) < 4.78 is 29.2. The Balaban J connectivity index is 2.56. The van der Waals surface area contributed by atoms with Gasteiger partial charge in [-0.25, -0.2) is 12.7 Å². The molecule has 7 heteroatoms. The number of rotatable bonds is 5. The maximum atomic E-state index is 11.5. The van der Waals surface area contributed by atoms with Gasteiger partial charge in [-0.3, -0.25) is 4.79 Å². The molecule has 1 aliphatic heterocycles. The SMILES string of the molecule is COCC1CCN(S(=O)(=O)CC(=O)O)C1. The third-order valence-corrected chi connectivity index (χ3v) is 4.08. The Labute approximate surface area is 88.9 Å². The van der Waals surface area contributed by atoms with E-state index in [1.165, 1.54) is 4.31 Å². The molecular weight excluding hydrogens is 222 g/mol. The van der Waals surface area contributed by atoms with Crippen LogP contribution in [0.2, 0.25) is 0 Å². The Morgan fingerprint density at radius 3 is 2.80 bits per heavy atom. The van der Waals surface area contributed by atoms with E-state index in [2.05, 4.69) is 0 Å². The zero-order valence-corrected chi connectivity index (χ0v) is 9.37. The summed E-state index contributed by atoms with van der Waals surface area (Å²) in [6.45, 7) is 1.27. The average Bonchev–Trinajstić information content (AvgIpc) is 2.51. The van der Waals surface area contributed by atoms with E-state index < -0.39 is 21.7 Å². The summed E-state index contributed by atoms with van der Waals surface area (Å²) in [7, 11) is -2.07. The molecule has 1 aliphatic rings. The lowest BCUT2D eigenvalue weighted by molar-refractivity contribution is -0.134. The van der Waals surface area contributed by atoms with Gasteiger partial charge < -0.3 is 9.84 Å². The number of carbonyl (C=O) groups is 1. The standard InChI is InChI=1S/C8H15NO5S/c1-14-5-7-2-3-9(4-7)15(12,13)6-8(10)11/h7H,2-6H2,1H3,(H,10,11). The summed E-state index contributed by atoms with van der Waals surface area (Å²) in [4.78, 5) is 10.3. The van der Waals surface area contributed by atoms with Gasteiger partial charge in [0.2, 0.25) is 10.0 Å². The van der Waals surface area contributed by atoms with Crippen molar-refractivity contribution in [1.82, 2.24) is 4.31 Å². The van der Waals surface area contributed by atoms with Crippen molar-refractivity contribution in [3.8, 4) is 0 Å². The van der Waals surface area contributed by atoms with Crippen molar-refractivity contribution in [2.24, 2.45) is 5.92 Å². The number of sulfonamides is 1. The minimum Gasteiger partial charge on any atom is -0.480 e. The maximum Gasteiger partial charge on any atom is 0.320 e. The number of carboxylic acids is 1. The van der Waals surface area contributed by atoms with Crippen LogP contribution in [-0.4, -0.2) is 56.4 Å². The van der Waals surface area contributed by atoms with Crippen LogP contribution in [0.1, 0.15) is 6.42 Å². The lowest BCUT2D eigenvalue weighted by atomic mass is 10.1. The molecular formula is C8H15NO5S. The summed E-state index contributed by atoms with van der Waals surface area (Å²) in [5.41, 5.74) is 0. The zero-order valence-electron chi connectivity index (χ0n) is 8.55. The summed E-state index contributed by atoms with van der Waals surface area (Å²) in [5.74, 6) is -1.96. The largest absolute Gasteiger partial charge is 0.480 e. The molecule has 0 radical (unpaired) electrons. The van der Waals surface area contributed by atoms with Gasteiger partial charge in [0.05, 0.1) is 6.61 Å². The fraction of sp³-hybridized carbons (Fsp3) is 0.875. The normalized spacial score (nSPS) is 23.1. The van der Waals surface area contributed by atoms with Crippen molar-refractivity contribution < 1.29 is 23.1 Å². The van der Waals surface area contributed by atoms with Crippen molar-refractivity contribution in [2.75, 3.05) is 32.6 Å². The van der Waals surface area contributed by atoms with Crippen LogP contribution in [0, 0.1) is 5.92 Å². The molecule has 1 atom stereocenters. The molecule has 0 aromatic rings. The molecule has 0 bridgehead atoms. The quantitative estimate of drug-likeness (QED) is 0.688. The molecule has 1 rings (SSSR count). The van der Waals surface area contributed by atoms with E-state index in [4.69, 9.17) is 9.84 Å². The Morgan fingerprint density at radius 1 is 1.60 bits per heavy atom. The van der Waals surface area contributed by atoms with E-state index in [-0.39, 0.29) is 5.92 Å². The van der Waals surface area contributed by atoms with Crippen LogP contribution < -0.4 is 0 Å². The topological polar surface area (TPSA) is 83.9 Å². The smallest absolute Gasteiger partial charge is 0.320 e. The number of nitrogens with zero attached hydrogens (tertiary/aromatic N) is 1. The highest BCUT2D eigenvalue weighted by molar-refractivity contribution is 7.89. The lowest BCUT2D eigenvalue weighted by Crippen LogP contribution is -2.34. The second-order valence-electron chi connectivity index (χ2n) is 3.62. The van der Waals surface area contributed by atoms with Crippen molar-refractivity contribution in [2.45, 2.75) is 6.42 Å². The third-order valence-electron chi connectivity index (χ3n) is 2.35. The maximum absolute atomic E-state index is 11.5. The molecule has 1 fully saturated rings. The van der Waals surface area contributed by atoms with Gasteiger partial charge in [-0.15, -0.1) is 0 Å². The minimum absolute atomic E-state index is 0.179. The van der Waals surface area contributed by atoms with E-state index in [9.17, 15) is 13.2 Å². The average molecular weight is 237 g/mol. The molecule has 6 nitrogen and oxygen atoms in total. The van der Waals surface area contributed by atoms with Crippen LogP contribution in [0.25, 0.3) is 0 Å². The molecule has 0 saturated carbocycles. The summed E-state index contributed by atoms with van der Waals surface area (Å²) in [6.07, 6.45) is 0.729. The van der Waals surface area contributed by atoms with Crippen molar-refractivity contribution in [3.63, 3.8) is 0 Å². The highest BCUT2D eigenvalue weighted by atomic mass is 32.2. The van der Waals surface area contributed by atoms with E-state index in [1.807, 2.05) is 0 Å². The van der Waals surface area contributed by atoms with Gasteiger partial charge in [-0.2, -0.15) is 0 Å². The van der Waals surface area contributed by atoms with Crippen molar-refractivity contribution >= 4 is 16.0 Å². The molecule has 0 aromatic heterocycles. The van der Waals surface area contributed by atoms with Gasteiger partial charge in [0, 0.05) is 20.2 Å². The van der Waals surface area contributed by atoms with Gasteiger partial charge in [-0.05, 0) is 12.3 Å². The van der Waals surface area contributed by atoms with Gasteiger partial charge in [-0.1, -0.05) is 0 Å². The molecule has 88 valence electrons. The zero-order chi connectivity index (χ0) is 11.5. The summed E-state index contributed by atoms with van der Waals surface area (Å²) in [5, 5.41) is 8.45. The van der Waals surface area contributed by atoms with Gasteiger partial charge in [0.25, 0.3) is 0 Å². The van der Waals surface area contributed by atoms with E-state index >= 15 is 0 Å². The summed E-state index contributed by atoms with van der Waals surface area (Å²) >= 11 is 0. The highest BCUT2D eigenvalue weighted by Crippen LogP contribution is 2.19. The van der Waals surface area contributed by atoms with Crippen molar-refractivity contribution in [3.05, 3.63) is 0 Å². The van der Waals surface area contributed by atoms with Crippen LogP contribution in [0.15, 0.2) is 0 Å².